The fourth-order valence-corrected chi connectivity index (χ4v) is 5.61. The first-order valence-electron chi connectivity index (χ1n) is 13.7. The van der Waals surface area contributed by atoms with E-state index < -0.39 is 5.60 Å². The van der Waals surface area contributed by atoms with Crippen LogP contribution in [0.25, 0.3) is 11.0 Å². The summed E-state index contributed by atoms with van der Waals surface area (Å²) in [5, 5.41) is 7.91. The molecule has 1 fully saturated rings. The smallest absolute Gasteiger partial charge is 0.407 e. The molecule has 1 aliphatic carbocycles. The van der Waals surface area contributed by atoms with Crippen LogP contribution in [0.5, 0.6) is 0 Å². The molecule has 1 amide bonds. The van der Waals surface area contributed by atoms with Gasteiger partial charge in [-0.1, -0.05) is 6.07 Å². The van der Waals surface area contributed by atoms with Crippen LogP contribution in [0.15, 0.2) is 36.7 Å². The van der Waals surface area contributed by atoms with E-state index in [2.05, 4.69) is 62.5 Å². The van der Waals surface area contributed by atoms with Crippen molar-refractivity contribution >= 4 is 28.6 Å². The van der Waals surface area contributed by atoms with Gasteiger partial charge in [0, 0.05) is 56.0 Å². The second kappa shape index (κ2) is 10.8. The van der Waals surface area contributed by atoms with Crippen LogP contribution < -0.4 is 15.5 Å². The fourth-order valence-electron chi connectivity index (χ4n) is 5.61. The van der Waals surface area contributed by atoms with Crippen molar-refractivity contribution < 1.29 is 14.3 Å². The normalized spacial score (nSPS) is 21.4. The quantitative estimate of drug-likeness (QED) is 0.477. The van der Waals surface area contributed by atoms with Crippen LogP contribution >= 0.6 is 0 Å². The average molecular weight is 521 g/mol. The van der Waals surface area contributed by atoms with E-state index in [1.54, 1.807) is 7.11 Å². The number of pyridine rings is 2. The van der Waals surface area contributed by atoms with Crippen LogP contribution in [0.1, 0.15) is 45.4 Å². The van der Waals surface area contributed by atoms with Crippen molar-refractivity contribution in [1.29, 1.82) is 0 Å². The maximum atomic E-state index is 12.4. The highest BCUT2D eigenvalue weighted by molar-refractivity contribution is 5.79. The van der Waals surface area contributed by atoms with Crippen molar-refractivity contribution in [2.45, 2.75) is 71.2 Å². The Balaban J connectivity index is 1.23. The minimum absolute atomic E-state index is 0.0589. The summed E-state index contributed by atoms with van der Waals surface area (Å²) in [5.74, 6) is 1.12. The Hall–Kier alpha value is -3.33. The summed E-state index contributed by atoms with van der Waals surface area (Å²) in [6, 6.07) is 8.94. The third-order valence-corrected chi connectivity index (χ3v) is 7.41. The Morgan fingerprint density at radius 1 is 1.21 bits per heavy atom. The number of carbonyl (C=O) groups excluding carboxylic acids is 1. The third kappa shape index (κ3) is 5.88. The number of carbonyl (C=O) groups is 1. The lowest BCUT2D eigenvalue weighted by atomic mass is 9.91. The lowest BCUT2D eigenvalue weighted by Crippen LogP contribution is -2.44. The molecule has 0 radical (unpaired) electrons. The van der Waals surface area contributed by atoms with Crippen molar-refractivity contribution in [3.05, 3.63) is 47.9 Å². The molecular formula is C29H40N6O3. The van der Waals surface area contributed by atoms with Crippen LogP contribution in [-0.4, -0.2) is 65.1 Å². The van der Waals surface area contributed by atoms with Gasteiger partial charge in [-0.3, -0.25) is 0 Å². The Bertz CT molecular complexity index is 1280. The number of methoxy groups -OCH3 is 1. The average Bonchev–Trinajstić information content (AvgIpc) is 3.46. The van der Waals surface area contributed by atoms with Gasteiger partial charge in [-0.15, -0.1) is 0 Å². The predicted octanol–water partition coefficient (Wildman–Crippen LogP) is 4.40. The molecule has 5 rings (SSSR count). The summed E-state index contributed by atoms with van der Waals surface area (Å²) in [4.78, 5) is 24.4. The maximum absolute atomic E-state index is 12.4. The summed E-state index contributed by atoms with van der Waals surface area (Å²) in [6.45, 7) is 10.7. The zero-order valence-corrected chi connectivity index (χ0v) is 23.2. The summed E-state index contributed by atoms with van der Waals surface area (Å²) in [5.41, 5.74) is 4.02. The van der Waals surface area contributed by atoms with E-state index in [0.29, 0.717) is 19.2 Å². The number of ether oxygens (including phenoxy) is 2. The van der Waals surface area contributed by atoms with Gasteiger partial charge in [0.25, 0.3) is 0 Å². The molecule has 1 saturated heterocycles. The van der Waals surface area contributed by atoms with Gasteiger partial charge in [-0.25, -0.2) is 14.8 Å². The van der Waals surface area contributed by atoms with E-state index in [9.17, 15) is 4.79 Å². The molecule has 1 aliphatic heterocycles. The number of alkyl carbamates (subject to hydrolysis) is 1. The molecule has 4 heterocycles. The lowest BCUT2D eigenvalue weighted by molar-refractivity contribution is 0.0480. The van der Waals surface area contributed by atoms with E-state index >= 15 is 0 Å². The van der Waals surface area contributed by atoms with Crippen LogP contribution in [0.2, 0.25) is 0 Å². The minimum Gasteiger partial charge on any atom is -0.444 e. The largest absolute Gasteiger partial charge is 0.444 e. The molecular weight excluding hydrogens is 480 g/mol. The van der Waals surface area contributed by atoms with E-state index in [0.717, 1.165) is 54.9 Å². The first-order chi connectivity index (χ1) is 18.2. The highest BCUT2D eigenvalue weighted by Gasteiger charge is 2.36. The first-order valence-corrected chi connectivity index (χ1v) is 13.7. The molecule has 0 aromatic carbocycles. The number of hydrogen-bond donors (Lipinski definition) is 2. The monoisotopic (exact) mass is 520 g/mol. The van der Waals surface area contributed by atoms with Crippen LogP contribution in [0.3, 0.4) is 0 Å². The maximum Gasteiger partial charge on any atom is 0.407 e. The van der Waals surface area contributed by atoms with Gasteiger partial charge < -0.3 is 29.6 Å². The molecule has 3 aromatic rings. The van der Waals surface area contributed by atoms with Crippen molar-refractivity contribution in [3.63, 3.8) is 0 Å². The van der Waals surface area contributed by atoms with Gasteiger partial charge in [0.2, 0.25) is 0 Å². The molecule has 204 valence electrons. The number of hydrogen-bond acceptors (Lipinski definition) is 7. The van der Waals surface area contributed by atoms with Crippen molar-refractivity contribution in [2.75, 3.05) is 37.0 Å². The summed E-state index contributed by atoms with van der Waals surface area (Å²) < 4.78 is 13.1. The standard InChI is InChI=1S/C29H40N6O3/c1-6-34-12-11-20-14-23(15-30-27(20)34)31-22-8-9-24-19(13-22)7-10-26(32-24)35-16-21(18-37-5)25(17-35)33-28(36)38-29(2,3)4/h7,10-12,14-15,21-22,25,31H,6,8-9,13,16-18H2,1-5H3,(H,33,36)/t21?,22-,25?/m0/s1. The number of anilines is 2. The van der Waals surface area contributed by atoms with Gasteiger partial charge in [-0.2, -0.15) is 0 Å². The van der Waals surface area contributed by atoms with Crippen molar-refractivity contribution in [2.24, 2.45) is 5.92 Å². The molecule has 9 nitrogen and oxygen atoms in total. The van der Waals surface area contributed by atoms with Crippen molar-refractivity contribution in [3.8, 4) is 0 Å². The Labute approximate surface area is 224 Å². The second-order valence-corrected chi connectivity index (χ2v) is 11.5. The number of nitrogens with one attached hydrogen (secondary N) is 2. The van der Waals surface area contributed by atoms with Crippen LogP contribution in [0.4, 0.5) is 16.3 Å². The number of aromatic nitrogens is 3. The second-order valence-electron chi connectivity index (χ2n) is 11.5. The van der Waals surface area contributed by atoms with E-state index in [4.69, 9.17) is 14.5 Å². The van der Waals surface area contributed by atoms with Gasteiger partial charge in [0.05, 0.1) is 24.5 Å². The molecule has 2 unspecified atom stereocenters. The minimum atomic E-state index is -0.531. The van der Waals surface area contributed by atoms with Gasteiger partial charge in [0.1, 0.15) is 17.1 Å². The van der Waals surface area contributed by atoms with E-state index in [1.165, 1.54) is 11.3 Å². The number of fused-ring (bicyclic) bond motifs is 2. The van der Waals surface area contributed by atoms with E-state index in [1.807, 2.05) is 27.0 Å². The van der Waals surface area contributed by atoms with Gasteiger partial charge in [0.15, 0.2) is 0 Å². The zero-order valence-electron chi connectivity index (χ0n) is 23.2. The van der Waals surface area contributed by atoms with Crippen molar-refractivity contribution in [1.82, 2.24) is 19.9 Å². The SMILES string of the molecule is CCn1ccc2cc(N[C@H]3CCc4nc(N5CC(COC)C(NC(=O)OC(C)(C)C)C5)ccc4C3)cnc21. The zero-order chi connectivity index (χ0) is 26.9. The molecule has 2 aliphatic rings. The Morgan fingerprint density at radius 3 is 2.82 bits per heavy atom. The summed E-state index contributed by atoms with van der Waals surface area (Å²) in [7, 11) is 1.70. The number of nitrogens with zero attached hydrogens (tertiary/aromatic N) is 4. The molecule has 38 heavy (non-hydrogen) atoms. The highest BCUT2D eigenvalue weighted by Crippen LogP contribution is 2.29. The predicted molar refractivity (Wildman–Crippen MR) is 150 cm³/mol. The Kier molecular flexibility index (Phi) is 7.47. The third-order valence-electron chi connectivity index (χ3n) is 7.41. The topological polar surface area (TPSA) is 93.5 Å². The highest BCUT2D eigenvalue weighted by atomic mass is 16.6. The molecule has 0 spiro atoms. The molecule has 2 N–H and O–H groups in total. The molecule has 3 aromatic heterocycles. The molecule has 0 bridgehead atoms. The number of amides is 1. The summed E-state index contributed by atoms with van der Waals surface area (Å²) >= 11 is 0. The number of aryl methyl sites for hydroxylation is 2. The number of rotatable bonds is 7. The van der Waals surface area contributed by atoms with Gasteiger partial charge in [-0.05, 0) is 70.7 Å². The summed E-state index contributed by atoms with van der Waals surface area (Å²) in [6.07, 6.45) is 6.53. The van der Waals surface area contributed by atoms with Crippen LogP contribution in [-0.2, 0) is 28.9 Å². The molecule has 9 heteroatoms. The lowest BCUT2D eigenvalue weighted by Gasteiger charge is -2.27. The van der Waals surface area contributed by atoms with Crippen LogP contribution in [0, 0.1) is 5.92 Å². The van der Waals surface area contributed by atoms with Gasteiger partial charge >= 0.3 is 6.09 Å². The molecule has 0 saturated carbocycles. The molecule has 3 atom stereocenters. The fraction of sp³-hybridized carbons (Fsp3) is 0.552. The van der Waals surface area contributed by atoms with E-state index in [-0.39, 0.29) is 18.1 Å². The Morgan fingerprint density at radius 2 is 2.05 bits per heavy atom. The first kappa shape index (κ1) is 26.3.